The van der Waals surface area contributed by atoms with E-state index in [1.807, 2.05) is 17.0 Å². The number of hydrogen-bond donors (Lipinski definition) is 1. The molecule has 0 spiro atoms. The van der Waals surface area contributed by atoms with Gasteiger partial charge in [0.05, 0.1) is 12.6 Å². The van der Waals surface area contributed by atoms with E-state index in [0.29, 0.717) is 18.9 Å². The highest BCUT2D eigenvalue weighted by Gasteiger charge is 2.35. The van der Waals surface area contributed by atoms with Crippen LogP contribution in [-0.4, -0.2) is 30.5 Å². The van der Waals surface area contributed by atoms with Crippen molar-refractivity contribution in [1.82, 2.24) is 4.90 Å². The van der Waals surface area contributed by atoms with Crippen LogP contribution in [0.25, 0.3) is 0 Å². The quantitative estimate of drug-likeness (QED) is 0.906. The monoisotopic (exact) mass is 290 g/mol. The van der Waals surface area contributed by atoms with E-state index in [9.17, 15) is 4.79 Å². The molecule has 1 saturated heterocycles. The lowest BCUT2D eigenvalue weighted by Crippen LogP contribution is -2.50. The number of ether oxygens (including phenoxy) is 1. The number of methoxy groups -OCH3 is 1. The van der Waals surface area contributed by atoms with Crippen molar-refractivity contribution < 1.29 is 9.53 Å². The molecule has 1 aliphatic rings. The second-order valence-corrected chi connectivity index (χ2v) is 6.22. The van der Waals surface area contributed by atoms with Gasteiger partial charge in [-0.1, -0.05) is 38.1 Å². The first kappa shape index (κ1) is 16.0. The second-order valence-electron chi connectivity index (χ2n) is 6.22. The van der Waals surface area contributed by atoms with Crippen LogP contribution in [0.15, 0.2) is 24.3 Å². The van der Waals surface area contributed by atoms with Crippen molar-refractivity contribution in [3.63, 3.8) is 0 Å². The Morgan fingerprint density at radius 3 is 2.76 bits per heavy atom. The third-order valence-corrected chi connectivity index (χ3v) is 3.99. The summed E-state index contributed by atoms with van der Waals surface area (Å²) in [6, 6.07) is 8.08. The molecule has 1 aromatic carbocycles. The summed E-state index contributed by atoms with van der Waals surface area (Å²) < 4.78 is 5.29. The first-order chi connectivity index (χ1) is 10.0. The molecule has 2 N–H and O–H groups in total. The normalized spacial score (nSPS) is 22.9. The van der Waals surface area contributed by atoms with Gasteiger partial charge in [-0.2, -0.15) is 0 Å². The van der Waals surface area contributed by atoms with Crippen LogP contribution in [0, 0.1) is 5.92 Å². The van der Waals surface area contributed by atoms with E-state index in [1.54, 1.807) is 7.11 Å². The van der Waals surface area contributed by atoms with Gasteiger partial charge in [0.25, 0.3) is 0 Å². The zero-order valence-electron chi connectivity index (χ0n) is 13.2. The number of benzene rings is 1. The molecule has 0 saturated carbocycles. The summed E-state index contributed by atoms with van der Waals surface area (Å²) in [4.78, 5) is 14.3. The molecule has 0 bridgehead atoms. The molecule has 0 aromatic heterocycles. The Kier molecular flexibility index (Phi) is 5.37. The zero-order chi connectivity index (χ0) is 15.4. The Balaban J connectivity index is 2.38. The highest BCUT2D eigenvalue weighted by atomic mass is 16.5. The molecule has 1 amide bonds. The zero-order valence-corrected chi connectivity index (χ0v) is 13.2. The van der Waals surface area contributed by atoms with E-state index in [4.69, 9.17) is 10.5 Å². The summed E-state index contributed by atoms with van der Waals surface area (Å²) in [7, 11) is 1.69. The van der Waals surface area contributed by atoms with Gasteiger partial charge >= 0.3 is 0 Å². The number of carbonyl (C=O) groups excluding carboxylic acids is 1. The van der Waals surface area contributed by atoms with Gasteiger partial charge in [-0.15, -0.1) is 0 Å². The predicted octanol–water partition coefficient (Wildman–Crippen LogP) is 2.48. The summed E-state index contributed by atoms with van der Waals surface area (Å²) >= 11 is 0. The minimum atomic E-state index is -0.0417. The van der Waals surface area contributed by atoms with Crippen molar-refractivity contribution in [2.24, 2.45) is 11.7 Å². The van der Waals surface area contributed by atoms with Gasteiger partial charge in [0.2, 0.25) is 5.91 Å². The molecule has 2 rings (SSSR count). The number of hydrogen-bond acceptors (Lipinski definition) is 3. The lowest BCUT2D eigenvalue weighted by Gasteiger charge is -2.41. The van der Waals surface area contributed by atoms with Gasteiger partial charge in [0.1, 0.15) is 0 Å². The van der Waals surface area contributed by atoms with Crippen LogP contribution in [0.1, 0.15) is 43.9 Å². The largest absolute Gasteiger partial charge is 0.380 e. The molecule has 1 aromatic rings. The SMILES string of the molecule is COCc1ccccc1C1C(N)CCC(=O)N1CC(C)C. The average molecular weight is 290 g/mol. The van der Waals surface area contributed by atoms with Crippen molar-refractivity contribution in [2.75, 3.05) is 13.7 Å². The fraction of sp³-hybridized carbons (Fsp3) is 0.588. The average Bonchev–Trinajstić information content (AvgIpc) is 2.44. The number of piperidine rings is 1. The van der Waals surface area contributed by atoms with Gasteiger partial charge in [0, 0.05) is 26.1 Å². The molecule has 21 heavy (non-hydrogen) atoms. The standard InChI is InChI=1S/C17H26N2O2/c1-12(2)10-19-16(20)9-8-15(18)17(19)14-7-5-4-6-13(14)11-21-3/h4-7,12,15,17H,8-11,18H2,1-3H3. The van der Waals surface area contributed by atoms with E-state index in [0.717, 1.165) is 24.1 Å². The second kappa shape index (κ2) is 7.05. The number of carbonyl (C=O) groups is 1. The van der Waals surface area contributed by atoms with Crippen molar-refractivity contribution in [1.29, 1.82) is 0 Å². The van der Waals surface area contributed by atoms with Crippen molar-refractivity contribution >= 4 is 5.91 Å². The van der Waals surface area contributed by atoms with Crippen LogP contribution < -0.4 is 5.73 Å². The smallest absolute Gasteiger partial charge is 0.223 e. The van der Waals surface area contributed by atoms with Crippen molar-refractivity contribution in [3.05, 3.63) is 35.4 Å². The number of rotatable bonds is 5. The molecular formula is C17H26N2O2. The summed E-state index contributed by atoms with van der Waals surface area (Å²) in [6.45, 7) is 5.55. The van der Waals surface area contributed by atoms with Gasteiger partial charge in [-0.3, -0.25) is 4.79 Å². The van der Waals surface area contributed by atoms with Gasteiger partial charge in [0.15, 0.2) is 0 Å². The highest BCUT2D eigenvalue weighted by molar-refractivity contribution is 5.78. The molecule has 1 aliphatic heterocycles. The molecule has 0 radical (unpaired) electrons. The van der Waals surface area contributed by atoms with Gasteiger partial charge < -0.3 is 15.4 Å². The first-order valence-electron chi connectivity index (χ1n) is 7.66. The van der Waals surface area contributed by atoms with E-state index in [-0.39, 0.29) is 18.0 Å². The molecule has 2 unspecified atom stereocenters. The summed E-state index contributed by atoms with van der Waals surface area (Å²) in [6.07, 6.45) is 1.30. The van der Waals surface area contributed by atoms with Crippen LogP contribution >= 0.6 is 0 Å². The van der Waals surface area contributed by atoms with Crippen LogP contribution in [0.3, 0.4) is 0 Å². The van der Waals surface area contributed by atoms with Crippen LogP contribution in [0.2, 0.25) is 0 Å². The highest BCUT2D eigenvalue weighted by Crippen LogP contribution is 2.33. The Morgan fingerprint density at radius 2 is 2.10 bits per heavy atom. The van der Waals surface area contributed by atoms with Gasteiger partial charge in [-0.05, 0) is 23.5 Å². The van der Waals surface area contributed by atoms with Crippen LogP contribution in [-0.2, 0) is 16.1 Å². The lowest BCUT2D eigenvalue weighted by atomic mass is 9.87. The minimum Gasteiger partial charge on any atom is -0.380 e. The summed E-state index contributed by atoms with van der Waals surface area (Å²) in [5.74, 6) is 0.638. The third-order valence-electron chi connectivity index (χ3n) is 3.99. The number of nitrogens with zero attached hydrogens (tertiary/aromatic N) is 1. The Morgan fingerprint density at radius 1 is 1.38 bits per heavy atom. The molecule has 0 aliphatic carbocycles. The van der Waals surface area contributed by atoms with Crippen LogP contribution in [0.5, 0.6) is 0 Å². The van der Waals surface area contributed by atoms with Crippen LogP contribution in [0.4, 0.5) is 0 Å². The van der Waals surface area contributed by atoms with E-state index in [1.165, 1.54) is 0 Å². The Labute approximate surface area is 127 Å². The lowest BCUT2D eigenvalue weighted by molar-refractivity contribution is -0.138. The fourth-order valence-corrected chi connectivity index (χ4v) is 3.09. The maximum absolute atomic E-state index is 12.4. The molecule has 2 atom stereocenters. The van der Waals surface area contributed by atoms with Crippen molar-refractivity contribution in [2.45, 2.75) is 45.4 Å². The molecule has 4 heteroatoms. The van der Waals surface area contributed by atoms with Crippen molar-refractivity contribution in [3.8, 4) is 0 Å². The topological polar surface area (TPSA) is 55.6 Å². The van der Waals surface area contributed by atoms with E-state index in [2.05, 4.69) is 26.0 Å². The molecule has 116 valence electrons. The maximum atomic E-state index is 12.4. The fourth-order valence-electron chi connectivity index (χ4n) is 3.09. The third kappa shape index (κ3) is 3.63. The number of likely N-dealkylation sites (tertiary alicyclic amines) is 1. The number of nitrogens with two attached hydrogens (primary N) is 1. The summed E-state index contributed by atoms with van der Waals surface area (Å²) in [5.41, 5.74) is 8.61. The predicted molar refractivity (Wildman–Crippen MR) is 83.7 cm³/mol. The maximum Gasteiger partial charge on any atom is 0.223 e. The van der Waals surface area contributed by atoms with E-state index < -0.39 is 0 Å². The Bertz CT molecular complexity index is 487. The molecule has 1 heterocycles. The minimum absolute atomic E-state index is 0.0144. The van der Waals surface area contributed by atoms with Gasteiger partial charge in [-0.25, -0.2) is 0 Å². The van der Waals surface area contributed by atoms with E-state index >= 15 is 0 Å². The summed E-state index contributed by atoms with van der Waals surface area (Å²) in [5, 5.41) is 0. The molecular weight excluding hydrogens is 264 g/mol. The Hall–Kier alpha value is -1.39. The number of amides is 1. The molecule has 1 fully saturated rings. The first-order valence-corrected chi connectivity index (χ1v) is 7.66. The molecule has 4 nitrogen and oxygen atoms in total.